The monoisotopic (exact) mass is 465 g/mol. The van der Waals surface area contributed by atoms with Crippen molar-refractivity contribution in [2.24, 2.45) is 0 Å². The van der Waals surface area contributed by atoms with Crippen molar-refractivity contribution in [1.82, 2.24) is 5.06 Å². The molecule has 8 nitrogen and oxygen atoms in total. The molecule has 0 aromatic heterocycles. The van der Waals surface area contributed by atoms with Crippen molar-refractivity contribution < 1.29 is 32.6 Å². The van der Waals surface area contributed by atoms with Gasteiger partial charge in [-0.1, -0.05) is 23.7 Å². The predicted molar refractivity (Wildman–Crippen MR) is 110 cm³/mol. The van der Waals surface area contributed by atoms with Crippen LogP contribution in [0.25, 0.3) is 0 Å². The fraction of sp³-hybridized carbons (Fsp3) is 0.286. The van der Waals surface area contributed by atoms with E-state index in [2.05, 4.69) is 0 Å². The maximum absolute atomic E-state index is 12.6. The summed E-state index contributed by atoms with van der Waals surface area (Å²) < 4.78 is 41.4. The van der Waals surface area contributed by atoms with E-state index < -0.39 is 21.6 Å². The molecule has 1 N–H and O–H groups in total. The summed E-state index contributed by atoms with van der Waals surface area (Å²) >= 11 is 5.85. The molecule has 2 atom stereocenters. The minimum Gasteiger partial charge on any atom is -0.489 e. The Morgan fingerprint density at radius 1 is 1.13 bits per heavy atom. The molecule has 0 saturated carbocycles. The van der Waals surface area contributed by atoms with Crippen LogP contribution in [0.2, 0.25) is 5.02 Å². The Morgan fingerprint density at radius 2 is 1.84 bits per heavy atom. The smallest absolute Gasteiger partial charge is 0.274 e. The Bertz CT molecular complexity index is 1080. The molecule has 2 aliphatic rings. The normalized spacial score (nSPS) is 20.3. The van der Waals surface area contributed by atoms with Crippen LogP contribution in [-0.2, 0) is 30.7 Å². The maximum Gasteiger partial charge on any atom is 0.274 e. The van der Waals surface area contributed by atoms with Gasteiger partial charge < -0.3 is 14.2 Å². The summed E-state index contributed by atoms with van der Waals surface area (Å²) in [6, 6.07) is 12.9. The molecule has 31 heavy (non-hydrogen) atoms. The van der Waals surface area contributed by atoms with E-state index in [0.29, 0.717) is 17.4 Å². The van der Waals surface area contributed by atoms with Crippen molar-refractivity contribution >= 4 is 27.3 Å². The van der Waals surface area contributed by atoms with Gasteiger partial charge in [-0.05, 0) is 48.0 Å². The van der Waals surface area contributed by atoms with Crippen LogP contribution in [0.1, 0.15) is 12.0 Å². The lowest BCUT2D eigenvalue weighted by molar-refractivity contribution is -0.156. The third-order valence-corrected chi connectivity index (χ3v) is 6.83. The molecule has 1 aliphatic heterocycles. The zero-order valence-electron chi connectivity index (χ0n) is 16.3. The quantitative estimate of drug-likeness (QED) is 0.495. The molecule has 0 bridgehead atoms. The van der Waals surface area contributed by atoms with Crippen molar-refractivity contribution in [3.8, 4) is 5.75 Å². The Hall–Kier alpha value is -2.43. The van der Waals surface area contributed by atoms with Crippen LogP contribution in [0.15, 0.2) is 65.1 Å². The number of carbonyl (C=O) groups is 1. The number of nitrogens with zero attached hydrogens (tertiary/aromatic N) is 1. The van der Waals surface area contributed by atoms with E-state index in [-0.39, 0.29) is 41.0 Å². The first kappa shape index (κ1) is 21.8. The van der Waals surface area contributed by atoms with E-state index in [9.17, 15) is 18.4 Å². The number of amides is 1. The summed E-state index contributed by atoms with van der Waals surface area (Å²) in [6.07, 6.45) is 1.21. The van der Waals surface area contributed by atoms with E-state index in [1.807, 2.05) is 12.1 Å². The lowest BCUT2D eigenvalue weighted by Gasteiger charge is -2.16. The molecule has 1 aliphatic carbocycles. The van der Waals surface area contributed by atoms with Crippen LogP contribution < -0.4 is 4.74 Å². The van der Waals surface area contributed by atoms with Gasteiger partial charge in [0.05, 0.1) is 11.0 Å². The largest absolute Gasteiger partial charge is 0.489 e. The zero-order chi connectivity index (χ0) is 22.0. The van der Waals surface area contributed by atoms with E-state index in [1.54, 1.807) is 18.2 Å². The van der Waals surface area contributed by atoms with E-state index in [4.69, 9.17) is 25.8 Å². The van der Waals surface area contributed by atoms with Gasteiger partial charge in [0.1, 0.15) is 25.3 Å². The number of sulfone groups is 1. The second-order valence-corrected chi connectivity index (χ2v) is 9.58. The molecule has 1 amide bonds. The molecule has 0 spiro atoms. The van der Waals surface area contributed by atoms with Crippen molar-refractivity contribution in [1.29, 1.82) is 0 Å². The first-order valence-corrected chi connectivity index (χ1v) is 11.5. The van der Waals surface area contributed by atoms with Gasteiger partial charge in [0, 0.05) is 17.0 Å². The Morgan fingerprint density at radius 3 is 2.52 bits per heavy atom. The van der Waals surface area contributed by atoms with E-state index in [1.165, 1.54) is 24.3 Å². The lowest BCUT2D eigenvalue weighted by atomic mass is 10.2. The SMILES string of the molecule is O=C(C1=CC2OCOC2C1)N(O)CS(=O)(=O)c1ccc(OCc2ccc(Cl)cc2)cc1. The minimum atomic E-state index is -3.95. The molecule has 1 heterocycles. The van der Waals surface area contributed by atoms with Crippen molar-refractivity contribution in [2.45, 2.75) is 30.1 Å². The van der Waals surface area contributed by atoms with Gasteiger partial charge in [-0.2, -0.15) is 0 Å². The molecule has 10 heteroatoms. The number of carbonyl (C=O) groups excluding carboxylic acids is 1. The van der Waals surface area contributed by atoms with Gasteiger partial charge in [0.15, 0.2) is 15.7 Å². The number of hydrogen-bond acceptors (Lipinski definition) is 7. The van der Waals surface area contributed by atoms with Crippen LogP contribution >= 0.6 is 11.6 Å². The van der Waals surface area contributed by atoms with Crippen molar-refractivity contribution in [2.75, 3.05) is 12.7 Å². The summed E-state index contributed by atoms with van der Waals surface area (Å²) in [5.74, 6) is -1.17. The van der Waals surface area contributed by atoms with Crippen LogP contribution in [-0.4, -0.2) is 49.5 Å². The average molecular weight is 466 g/mol. The average Bonchev–Trinajstić information content (AvgIpc) is 3.35. The molecule has 4 rings (SSSR count). The summed E-state index contributed by atoms with van der Waals surface area (Å²) in [5, 5.41) is 10.9. The van der Waals surface area contributed by atoms with E-state index in [0.717, 1.165) is 5.56 Å². The number of rotatable bonds is 7. The number of ether oxygens (including phenoxy) is 3. The van der Waals surface area contributed by atoms with Gasteiger partial charge in [-0.25, -0.2) is 13.5 Å². The van der Waals surface area contributed by atoms with E-state index >= 15 is 0 Å². The Labute approximate surface area is 184 Å². The van der Waals surface area contributed by atoms with Crippen LogP contribution in [0, 0.1) is 0 Å². The molecule has 2 unspecified atom stereocenters. The number of hydrogen-bond donors (Lipinski definition) is 1. The topological polar surface area (TPSA) is 102 Å². The van der Waals surface area contributed by atoms with Crippen LogP contribution in [0.3, 0.4) is 0 Å². The summed E-state index contributed by atoms with van der Waals surface area (Å²) in [4.78, 5) is 12.3. The Balaban J connectivity index is 1.35. The van der Waals surface area contributed by atoms with Gasteiger partial charge in [-0.3, -0.25) is 10.0 Å². The number of halogens is 1. The summed E-state index contributed by atoms with van der Waals surface area (Å²) in [6.45, 7) is 0.455. The zero-order valence-corrected chi connectivity index (χ0v) is 17.9. The lowest BCUT2D eigenvalue weighted by Crippen LogP contribution is -2.33. The second kappa shape index (κ2) is 8.97. The highest BCUT2D eigenvalue weighted by atomic mass is 35.5. The first-order valence-electron chi connectivity index (χ1n) is 9.46. The van der Waals surface area contributed by atoms with Gasteiger partial charge in [0.25, 0.3) is 5.91 Å². The summed E-state index contributed by atoms with van der Waals surface area (Å²) in [7, 11) is -3.95. The van der Waals surface area contributed by atoms with Gasteiger partial charge >= 0.3 is 0 Å². The molecule has 1 fully saturated rings. The highest BCUT2D eigenvalue weighted by molar-refractivity contribution is 7.91. The minimum absolute atomic E-state index is 0.0397. The van der Waals surface area contributed by atoms with Crippen LogP contribution in [0.4, 0.5) is 0 Å². The van der Waals surface area contributed by atoms with Gasteiger partial charge in [-0.15, -0.1) is 0 Å². The summed E-state index contributed by atoms with van der Waals surface area (Å²) in [5.41, 5.74) is 1.18. The highest BCUT2D eigenvalue weighted by Gasteiger charge is 2.37. The molecule has 0 radical (unpaired) electrons. The molecule has 1 saturated heterocycles. The molecule has 164 valence electrons. The fourth-order valence-electron chi connectivity index (χ4n) is 3.33. The third-order valence-electron chi connectivity index (χ3n) is 5.00. The van der Waals surface area contributed by atoms with Crippen molar-refractivity contribution in [3.63, 3.8) is 0 Å². The number of benzene rings is 2. The molecular formula is C21H20ClNO7S. The number of hydroxylamine groups is 2. The highest BCUT2D eigenvalue weighted by Crippen LogP contribution is 2.30. The maximum atomic E-state index is 12.6. The first-order chi connectivity index (χ1) is 14.8. The van der Waals surface area contributed by atoms with Crippen LogP contribution in [0.5, 0.6) is 5.75 Å². The standard InChI is InChI=1S/C21H20ClNO7S/c22-16-3-1-14(2-4-16)11-28-17-5-7-18(8-6-17)31(26,27)12-23(25)21(24)15-9-19-20(10-15)30-13-29-19/h1-9,19-20,25H,10-13H2. The fourth-order valence-corrected chi connectivity index (χ4v) is 4.60. The molecule has 2 aromatic rings. The van der Waals surface area contributed by atoms with Gasteiger partial charge in [0.2, 0.25) is 0 Å². The Kier molecular flexibility index (Phi) is 6.31. The predicted octanol–water partition coefficient (Wildman–Crippen LogP) is 2.94. The van der Waals surface area contributed by atoms with Crippen molar-refractivity contribution in [3.05, 3.63) is 70.8 Å². The molecule has 2 aromatic carbocycles. The second-order valence-electron chi connectivity index (χ2n) is 7.19. The molecular weight excluding hydrogens is 446 g/mol. The number of fused-ring (bicyclic) bond motifs is 1. The third kappa shape index (κ3) is 5.08.